The average Bonchev–Trinajstić information content (AvgIpc) is 2.98. The first-order chi connectivity index (χ1) is 19.7. The highest BCUT2D eigenvalue weighted by molar-refractivity contribution is 7.92. The molecule has 3 aromatic rings. The van der Waals surface area contributed by atoms with E-state index in [1.54, 1.807) is 54.6 Å². The molecule has 4 rings (SSSR count). The van der Waals surface area contributed by atoms with Crippen molar-refractivity contribution >= 4 is 27.5 Å². The third-order valence-electron chi connectivity index (χ3n) is 7.54. The summed E-state index contributed by atoms with van der Waals surface area (Å²) in [6.45, 7) is 3.22. The van der Waals surface area contributed by atoms with Crippen LogP contribution in [0.3, 0.4) is 0 Å². The second-order valence-corrected chi connectivity index (χ2v) is 12.4. The van der Waals surface area contributed by atoms with Crippen molar-refractivity contribution in [3.63, 3.8) is 0 Å². The van der Waals surface area contributed by atoms with Crippen LogP contribution in [-0.4, -0.2) is 43.8 Å². The van der Waals surface area contributed by atoms with E-state index in [1.165, 1.54) is 29.2 Å². The first-order valence-electron chi connectivity index (χ1n) is 14.2. The largest absolute Gasteiger partial charge is 0.352 e. The minimum absolute atomic E-state index is 0.0307. The number of hydrogen-bond donors (Lipinski definition) is 1. The molecule has 0 saturated heterocycles. The van der Waals surface area contributed by atoms with Gasteiger partial charge in [-0.15, -0.1) is 0 Å². The van der Waals surface area contributed by atoms with Crippen molar-refractivity contribution in [1.29, 1.82) is 0 Å². The van der Waals surface area contributed by atoms with Crippen molar-refractivity contribution < 1.29 is 22.4 Å². The van der Waals surface area contributed by atoms with Crippen molar-refractivity contribution in [2.24, 2.45) is 0 Å². The number of anilines is 1. The lowest BCUT2D eigenvalue weighted by Crippen LogP contribution is -2.54. The highest BCUT2D eigenvalue weighted by Gasteiger charge is 2.34. The molecule has 0 spiro atoms. The zero-order chi connectivity index (χ0) is 29.4. The summed E-state index contributed by atoms with van der Waals surface area (Å²) in [5, 5.41) is 3.12. The predicted molar refractivity (Wildman–Crippen MR) is 158 cm³/mol. The van der Waals surface area contributed by atoms with Gasteiger partial charge < -0.3 is 10.2 Å². The van der Waals surface area contributed by atoms with Crippen LogP contribution in [-0.2, 0) is 26.2 Å². The number of para-hydroxylation sites is 1. The van der Waals surface area contributed by atoms with Gasteiger partial charge in [0.15, 0.2) is 0 Å². The van der Waals surface area contributed by atoms with Gasteiger partial charge in [0.05, 0.1) is 10.6 Å². The maximum atomic E-state index is 14.1. The maximum Gasteiger partial charge on any atom is 0.264 e. The van der Waals surface area contributed by atoms with Gasteiger partial charge in [0, 0.05) is 12.6 Å². The van der Waals surface area contributed by atoms with Gasteiger partial charge in [0.2, 0.25) is 11.8 Å². The number of halogens is 1. The standard InChI is InChI=1S/C32H38FN3O4S/c1-3-30(32(38)34-27-10-6-4-7-11-27)35(22-25-16-18-26(33)19-17-25)31(37)23-36(28-12-8-5-9-13-28)41(39,40)29-20-14-24(2)15-21-29/h5,8-9,12-21,27,30H,3-4,6-7,10-11,22-23H2,1-2H3,(H,34,38). The Morgan fingerprint density at radius 2 is 1.56 bits per heavy atom. The molecule has 1 unspecified atom stereocenters. The Bertz CT molecular complexity index is 1410. The number of amides is 2. The van der Waals surface area contributed by atoms with E-state index in [-0.39, 0.29) is 23.4 Å². The molecule has 218 valence electrons. The number of nitrogens with one attached hydrogen (secondary N) is 1. The van der Waals surface area contributed by atoms with Crippen LogP contribution >= 0.6 is 0 Å². The van der Waals surface area contributed by atoms with Gasteiger partial charge in [-0.3, -0.25) is 13.9 Å². The molecular weight excluding hydrogens is 541 g/mol. The van der Waals surface area contributed by atoms with E-state index in [0.717, 1.165) is 42.0 Å². The third-order valence-corrected chi connectivity index (χ3v) is 9.32. The SMILES string of the molecule is CCC(C(=O)NC1CCCCC1)N(Cc1ccc(F)cc1)C(=O)CN(c1ccccc1)S(=O)(=O)c1ccc(C)cc1. The Labute approximate surface area is 242 Å². The Hall–Kier alpha value is -3.72. The molecule has 41 heavy (non-hydrogen) atoms. The summed E-state index contributed by atoms with van der Waals surface area (Å²) in [7, 11) is -4.12. The van der Waals surface area contributed by atoms with E-state index in [1.807, 2.05) is 13.8 Å². The molecule has 3 aromatic carbocycles. The molecule has 1 N–H and O–H groups in total. The average molecular weight is 580 g/mol. The lowest BCUT2D eigenvalue weighted by Gasteiger charge is -2.34. The number of carbonyl (C=O) groups is 2. The van der Waals surface area contributed by atoms with Crippen LogP contribution in [0.5, 0.6) is 0 Å². The number of nitrogens with zero attached hydrogens (tertiary/aromatic N) is 2. The number of sulfonamides is 1. The quantitative estimate of drug-likeness (QED) is 0.321. The zero-order valence-corrected chi connectivity index (χ0v) is 24.4. The van der Waals surface area contributed by atoms with Gasteiger partial charge in [-0.1, -0.05) is 74.2 Å². The summed E-state index contributed by atoms with van der Waals surface area (Å²) in [6, 6.07) is 19.9. The summed E-state index contributed by atoms with van der Waals surface area (Å²) in [4.78, 5) is 29.1. The Kier molecular flexibility index (Phi) is 10.2. The van der Waals surface area contributed by atoms with E-state index >= 15 is 0 Å². The van der Waals surface area contributed by atoms with E-state index in [0.29, 0.717) is 17.7 Å². The molecule has 0 heterocycles. The van der Waals surface area contributed by atoms with E-state index in [2.05, 4.69) is 5.32 Å². The molecule has 1 aliphatic carbocycles. The van der Waals surface area contributed by atoms with Crippen molar-refractivity contribution in [2.75, 3.05) is 10.8 Å². The van der Waals surface area contributed by atoms with Crippen LogP contribution in [0, 0.1) is 12.7 Å². The number of carbonyl (C=O) groups excluding carboxylic acids is 2. The first kappa shape index (κ1) is 30.2. The van der Waals surface area contributed by atoms with Gasteiger partial charge in [-0.05, 0) is 68.1 Å². The summed E-state index contributed by atoms with van der Waals surface area (Å²) < 4.78 is 42.5. The van der Waals surface area contributed by atoms with Gasteiger partial charge in [-0.2, -0.15) is 0 Å². The molecule has 7 nitrogen and oxygen atoms in total. The third kappa shape index (κ3) is 7.73. The molecular formula is C32H38FN3O4S. The Morgan fingerprint density at radius 1 is 0.927 bits per heavy atom. The maximum absolute atomic E-state index is 14.1. The molecule has 1 saturated carbocycles. The van der Waals surface area contributed by atoms with E-state index in [4.69, 9.17) is 0 Å². The summed E-state index contributed by atoms with van der Waals surface area (Å²) in [6.07, 6.45) is 5.35. The normalized spacial score (nSPS) is 14.7. The molecule has 0 bridgehead atoms. The molecule has 0 aliphatic heterocycles. The van der Waals surface area contributed by atoms with Crippen LogP contribution in [0.1, 0.15) is 56.6 Å². The monoisotopic (exact) mass is 579 g/mol. The molecule has 1 fully saturated rings. The molecule has 1 atom stereocenters. The lowest BCUT2D eigenvalue weighted by atomic mass is 9.95. The summed E-state index contributed by atoms with van der Waals surface area (Å²) in [5.74, 6) is -1.20. The highest BCUT2D eigenvalue weighted by atomic mass is 32.2. The number of benzene rings is 3. The van der Waals surface area contributed by atoms with Gasteiger partial charge in [-0.25, -0.2) is 12.8 Å². The van der Waals surface area contributed by atoms with E-state index in [9.17, 15) is 22.4 Å². The van der Waals surface area contributed by atoms with Crippen molar-refractivity contribution in [1.82, 2.24) is 10.2 Å². The van der Waals surface area contributed by atoms with Crippen molar-refractivity contribution in [2.45, 2.75) is 75.9 Å². The number of hydrogen-bond acceptors (Lipinski definition) is 4. The molecule has 1 aliphatic rings. The molecule has 0 radical (unpaired) electrons. The smallest absolute Gasteiger partial charge is 0.264 e. The van der Waals surface area contributed by atoms with Gasteiger partial charge in [0.1, 0.15) is 18.4 Å². The fourth-order valence-corrected chi connectivity index (χ4v) is 6.62. The summed E-state index contributed by atoms with van der Waals surface area (Å²) in [5.41, 5.74) is 1.88. The number of aryl methyl sites for hydroxylation is 1. The van der Waals surface area contributed by atoms with Crippen molar-refractivity contribution in [3.8, 4) is 0 Å². The fraction of sp³-hybridized carbons (Fsp3) is 0.375. The number of rotatable bonds is 11. The lowest BCUT2D eigenvalue weighted by molar-refractivity contribution is -0.140. The van der Waals surface area contributed by atoms with Crippen LogP contribution in [0.2, 0.25) is 0 Å². The van der Waals surface area contributed by atoms with Crippen LogP contribution < -0.4 is 9.62 Å². The highest BCUT2D eigenvalue weighted by Crippen LogP contribution is 2.25. The zero-order valence-electron chi connectivity index (χ0n) is 23.6. The molecule has 9 heteroatoms. The summed E-state index contributed by atoms with van der Waals surface area (Å²) >= 11 is 0. The van der Waals surface area contributed by atoms with Gasteiger partial charge >= 0.3 is 0 Å². The van der Waals surface area contributed by atoms with Crippen LogP contribution in [0.25, 0.3) is 0 Å². The van der Waals surface area contributed by atoms with Gasteiger partial charge in [0.25, 0.3) is 10.0 Å². The van der Waals surface area contributed by atoms with Crippen LogP contribution in [0.4, 0.5) is 10.1 Å². The second-order valence-electron chi connectivity index (χ2n) is 10.6. The molecule has 2 amide bonds. The molecule has 0 aromatic heterocycles. The predicted octanol–water partition coefficient (Wildman–Crippen LogP) is 5.59. The second kappa shape index (κ2) is 13.8. The fourth-order valence-electron chi connectivity index (χ4n) is 5.21. The first-order valence-corrected chi connectivity index (χ1v) is 15.6. The van der Waals surface area contributed by atoms with Crippen molar-refractivity contribution in [3.05, 3.63) is 95.8 Å². The minimum atomic E-state index is -4.12. The Morgan fingerprint density at radius 3 is 2.17 bits per heavy atom. The Balaban J connectivity index is 1.68. The van der Waals surface area contributed by atoms with Crippen LogP contribution in [0.15, 0.2) is 83.8 Å². The van der Waals surface area contributed by atoms with E-state index < -0.39 is 34.3 Å². The minimum Gasteiger partial charge on any atom is -0.352 e. The topological polar surface area (TPSA) is 86.8 Å².